The van der Waals surface area contributed by atoms with Gasteiger partial charge >= 0.3 is 6.03 Å². The quantitative estimate of drug-likeness (QED) is 0.815. The maximum Gasteiger partial charge on any atom is 0.317 e. The lowest BCUT2D eigenvalue weighted by Gasteiger charge is -2.37. The number of amides is 2. The van der Waals surface area contributed by atoms with E-state index in [1.54, 1.807) is 0 Å². The van der Waals surface area contributed by atoms with Gasteiger partial charge in [0.15, 0.2) is 0 Å². The van der Waals surface area contributed by atoms with Gasteiger partial charge in [0.1, 0.15) is 0 Å². The van der Waals surface area contributed by atoms with Crippen molar-refractivity contribution in [2.75, 3.05) is 7.05 Å². The summed E-state index contributed by atoms with van der Waals surface area (Å²) in [6.07, 6.45) is 10.7. The Morgan fingerprint density at radius 2 is 1.74 bits per heavy atom. The molecule has 3 nitrogen and oxygen atoms in total. The van der Waals surface area contributed by atoms with Gasteiger partial charge in [0.25, 0.3) is 0 Å². The molecule has 4 aliphatic rings. The van der Waals surface area contributed by atoms with Gasteiger partial charge in [0.2, 0.25) is 0 Å². The van der Waals surface area contributed by atoms with E-state index in [0.29, 0.717) is 12.1 Å². The standard InChI is InChI=1S/C16H26N2O/c1-18(11-4-2-5-11)16(19)17-15-9-10-8-14(15)13-7-3-6-12(10)13/h10-15H,2-9H2,1H3,(H,17,19). The van der Waals surface area contributed by atoms with Crippen LogP contribution in [-0.2, 0) is 0 Å². The Balaban J connectivity index is 1.37. The predicted octanol–water partition coefficient (Wildman–Crippen LogP) is 3.01. The minimum atomic E-state index is 0.191. The third-order valence-corrected chi connectivity index (χ3v) is 6.68. The number of nitrogens with one attached hydrogen (secondary N) is 1. The van der Waals surface area contributed by atoms with E-state index in [-0.39, 0.29) is 6.03 Å². The van der Waals surface area contributed by atoms with Gasteiger partial charge in [0, 0.05) is 19.1 Å². The molecular formula is C16H26N2O. The number of hydrogen-bond donors (Lipinski definition) is 1. The van der Waals surface area contributed by atoms with Gasteiger partial charge in [-0.05, 0) is 68.6 Å². The first-order chi connectivity index (χ1) is 9.24. The first-order valence-corrected chi connectivity index (χ1v) is 8.27. The number of nitrogens with zero attached hydrogens (tertiary/aromatic N) is 1. The van der Waals surface area contributed by atoms with Crippen molar-refractivity contribution in [2.24, 2.45) is 23.7 Å². The van der Waals surface area contributed by atoms with E-state index in [1.165, 1.54) is 51.4 Å². The Morgan fingerprint density at radius 1 is 1.00 bits per heavy atom. The Kier molecular flexibility index (Phi) is 2.78. The average molecular weight is 262 g/mol. The second kappa shape index (κ2) is 4.39. The minimum absolute atomic E-state index is 0.191. The lowest BCUT2D eigenvalue weighted by molar-refractivity contribution is 0.143. The fourth-order valence-electron chi connectivity index (χ4n) is 5.43. The molecule has 0 radical (unpaired) electrons. The lowest BCUT2D eigenvalue weighted by Crippen LogP contribution is -2.51. The van der Waals surface area contributed by atoms with Crippen LogP contribution in [0.1, 0.15) is 51.4 Å². The first-order valence-electron chi connectivity index (χ1n) is 8.27. The molecular weight excluding hydrogens is 236 g/mol. The Bertz CT molecular complexity index is 379. The number of carbonyl (C=O) groups is 1. The van der Waals surface area contributed by atoms with Crippen molar-refractivity contribution >= 4 is 6.03 Å². The van der Waals surface area contributed by atoms with Crippen LogP contribution in [0.25, 0.3) is 0 Å². The van der Waals surface area contributed by atoms with Crippen LogP contribution < -0.4 is 5.32 Å². The van der Waals surface area contributed by atoms with Crippen molar-refractivity contribution in [3.8, 4) is 0 Å². The molecule has 0 spiro atoms. The first kappa shape index (κ1) is 12.0. The van der Waals surface area contributed by atoms with Crippen molar-refractivity contribution < 1.29 is 4.79 Å². The maximum atomic E-state index is 12.3. The molecule has 3 heteroatoms. The predicted molar refractivity (Wildman–Crippen MR) is 74.8 cm³/mol. The summed E-state index contributed by atoms with van der Waals surface area (Å²) in [7, 11) is 1.98. The topological polar surface area (TPSA) is 32.3 Å². The SMILES string of the molecule is CN(C(=O)NC1CC2CC1C1CCCC21)C1CCC1. The average Bonchev–Trinajstić information content (AvgIpc) is 2.97. The van der Waals surface area contributed by atoms with Gasteiger partial charge in [-0.15, -0.1) is 0 Å². The molecule has 0 saturated heterocycles. The van der Waals surface area contributed by atoms with Gasteiger partial charge in [-0.2, -0.15) is 0 Å². The molecule has 106 valence electrons. The molecule has 0 aliphatic heterocycles. The molecule has 4 aliphatic carbocycles. The summed E-state index contributed by atoms with van der Waals surface area (Å²) in [5.41, 5.74) is 0. The molecule has 4 fully saturated rings. The van der Waals surface area contributed by atoms with Gasteiger partial charge in [0.05, 0.1) is 0 Å². The fourth-order valence-corrected chi connectivity index (χ4v) is 5.43. The van der Waals surface area contributed by atoms with Crippen molar-refractivity contribution in [1.82, 2.24) is 10.2 Å². The number of fused-ring (bicyclic) bond motifs is 5. The zero-order chi connectivity index (χ0) is 13.0. The van der Waals surface area contributed by atoms with Gasteiger partial charge in [-0.1, -0.05) is 6.42 Å². The second-order valence-electron chi connectivity index (χ2n) is 7.41. The summed E-state index contributed by atoms with van der Waals surface area (Å²) in [5.74, 6) is 3.69. The summed E-state index contributed by atoms with van der Waals surface area (Å²) < 4.78 is 0. The largest absolute Gasteiger partial charge is 0.335 e. The lowest BCUT2D eigenvalue weighted by atomic mass is 9.79. The molecule has 4 rings (SSSR count). The van der Waals surface area contributed by atoms with Crippen LogP contribution in [0.5, 0.6) is 0 Å². The van der Waals surface area contributed by atoms with Crippen molar-refractivity contribution in [3.63, 3.8) is 0 Å². The maximum absolute atomic E-state index is 12.3. The van der Waals surface area contributed by atoms with Crippen LogP contribution in [0.15, 0.2) is 0 Å². The highest BCUT2D eigenvalue weighted by atomic mass is 16.2. The van der Waals surface area contributed by atoms with Crippen LogP contribution in [0, 0.1) is 23.7 Å². The smallest absolute Gasteiger partial charge is 0.317 e. The van der Waals surface area contributed by atoms with Crippen LogP contribution in [0.2, 0.25) is 0 Å². The zero-order valence-electron chi connectivity index (χ0n) is 12.0. The van der Waals surface area contributed by atoms with Crippen LogP contribution in [-0.4, -0.2) is 30.1 Å². The molecule has 4 saturated carbocycles. The van der Waals surface area contributed by atoms with E-state index in [0.717, 1.165) is 23.7 Å². The summed E-state index contributed by atoms with van der Waals surface area (Å²) in [5, 5.41) is 3.36. The number of carbonyl (C=O) groups excluding carboxylic acids is 1. The summed E-state index contributed by atoms with van der Waals surface area (Å²) in [6, 6.07) is 1.19. The van der Waals surface area contributed by atoms with E-state index in [4.69, 9.17) is 0 Å². The Hall–Kier alpha value is -0.730. The van der Waals surface area contributed by atoms with Gasteiger partial charge < -0.3 is 10.2 Å². The van der Waals surface area contributed by atoms with Crippen LogP contribution in [0.3, 0.4) is 0 Å². The minimum Gasteiger partial charge on any atom is -0.335 e. The molecule has 0 aromatic rings. The number of hydrogen-bond acceptors (Lipinski definition) is 1. The highest BCUT2D eigenvalue weighted by Crippen LogP contribution is 2.58. The monoisotopic (exact) mass is 262 g/mol. The van der Waals surface area contributed by atoms with Gasteiger partial charge in [-0.25, -0.2) is 4.79 Å². The second-order valence-corrected chi connectivity index (χ2v) is 7.41. The molecule has 19 heavy (non-hydrogen) atoms. The summed E-state index contributed by atoms with van der Waals surface area (Å²) in [6.45, 7) is 0. The van der Waals surface area contributed by atoms with Gasteiger partial charge in [-0.3, -0.25) is 0 Å². The number of rotatable bonds is 2. The van der Waals surface area contributed by atoms with Crippen molar-refractivity contribution in [1.29, 1.82) is 0 Å². The highest BCUT2D eigenvalue weighted by molar-refractivity contribution is 5.74. The van der Waals surface area contributed by atoms with Crippen molar-refractivity contribution in [2.45, 2.75) is 63.5 Å². The molecule has 5 atom stereocenters. The van der Waals surface area contributed by atoms with E-state index < -0.39 is 0 Å². The summed E-state index contributed by atoms with van der Waals surface area (Å²) >= 11 is 0. The molecule has 0 aromatic heterocycles. The molecule has 0 heterocycles. The summed E-state index contributed by atoms with van der Waals surface area (Å²) in [4.78, 5) is 14.3. The highest BCUT2D eigenvalue weighted by Gasteiger charge is 2.54. The van der Waals surface area contributed by atoms with E-state index in [1.807, 2.05) is 11.9 Å². The zero-order valence-corrected chi connectivity index (χ0v) is 12.0. The van der Waals surface area contributed by atoms with Crippen molar-refractivity contribution in [3.05, 3.63) is 0 Å². The van der Waals surface area contributed by atoms with Crippen LogP contribution >= 0.6 is 0 Å². The molecule has 2 amide bonds. The fraction of sp³-hybridized carbons (Fsp3) is 0.938. The molecule has 1 N–H and O–H groups in total. The Morgan fingerprint density at radius 3 is 2.47 bits per heavy atom. The van der Waals surface area contributed by atoms with E-state index in [2.05, 4.69) is 5.32 Å². The van der Waals surface area contributed by atoms with E-state index in [9.17, 15) is 4.79 Å². The molecule has 5 unspecified atom stereocenters. The third-order valence-electron chi connectivity index (χ3n) is 6.68. The number of urea groups is 1. The Labute approximate surface area is 116 Å². The van der Waals surface area contributed by atoms with Crippen LogP contribution in [0.4, 0.5) is 4.79 Å². The van der Waals surface area contributed by atoms with E-state index >= 15 is 0 Å². The third kappa shape index (κ3) is 1.80. The molecule has 2 bridgehead atoms. The molecule has 0 aromatic carbocycles. The normalized spacial score (nSPS) is 43.9.